The van der Waals surface area contributed by atoms with Crippen LogP contribution in [0.3, 0.4) is 0 Å². The van der Waals surface area contributed by atoms with Crippen molar-refractivity contribution in [1.82, 2.24) is 9.55 Å². The molecule has 1 saturated heterocycles. The fourth-order valence-corrected chi connectivity index (χ4v) is 2.33. The van der Waals surface area contributed by atoms with Crippen LogP contribution in [0, 0.1) is 0 Å². The third-order valence-corrected chi connectivity index (χ3v) is 3.26. The van der Waals surface area contributed by atoms with E-state index in [9.17, 15) is 23.9 Å². The number of aromatic amines is 1. The molecule has 2 rings (SSSR count). The van der Waals surface area contributed by atoms with E-state index in [0.717, 1.165) is 30.7 Å². The lowest BCUT2D eigenvalue weighted by atomic mass is 9.98. The van der Waals surface area contributed by atoms with Gasteiger partial charge in [-0.3, -0.25) is 19.1 Å². The van der Waals surface area contributed by atoms with Gasteiger partial charge in [-0.05, 0) is 6.92 Å². The number of H-pyrrole nitrogens is 1. The number of carbonyl (C=O) groups excluding carboxylic acids is 1. The molecule has 21 heavy (non-hydrogen) atoms. The summed E-state index contributed by atoms with van der Waals surface area (Å²) >= 11 is 0. The Morgan fingerprint density at radius 3 is 2.81 bits per heavy atom. The summed E-state index contributed by atoms with van der Waals surface area (Å²) in [6.45, 7) is 1.61. The Kier molecular flexibility index (Phi) is 3.97. The van der Waals surface area contributed by atoms with Crippen LogP contribution in [0.1, 0.15) is 20.1 Å². The fourth-order valence-electron chi connectivity index (χ4n) is 2.33. The van der Waals surface area contributed by atoms with Crippen molar-refractivity contribution < 1.29 is 23.8 Å². The van der Waals surface area contributed by atoms with Crippen molar-refractivity contribution in [3.8, 4) is 0 Å². The van der Waals surface area contributed by atoms with Gasteiger partial charge in [-0.2, -0.15) is 0 Å². The SMILES string of the molecule is CC(=O)OC1C(CO)OC(n2ccc(=O)[nH]c2=O)C1(C)F. The second-order valence-electron chi connectivity index (χ2n) is 4.91. The number of hydrogen-bond acceptors (Lipinski definition) is 6. The van der Waals surface area contributed by atoms with Crippen molar-refractivity contribution in [2.75, 3.05) is 6.61 Å². The van der Waals surface area contributed by atoms with Crippen LogP contribution in [-0.2, 0) is 14.3 Å². The van der Waals surface area contributed by atoms with Crippen LogP contribution in [-0.4, -0.2) is 45.1 Å². The molecule has 0 aliphatic carbocycles. The molecule has 9 heteroatoms. The Morgan fingerprint density at radius 2 is 2.29 bits per heavy atom. The Bertz CT molecular complexity index is 652. The standard InChI is InChI=1S/C12H15FN2O6/c1-6(17)20-9-7(5-16)21-10(12(9,2)13)15-4-3-8(18)14-11(15)19/h3-4,7,9-10,16H,5H2,1-2H3,(H,14,18,19). The van der Waals surface area contributed by atoms with Crippen LogP contribution < -0.4 is 11.2 Å². The Hall–Kier alpha value is -2.00. The number of aliphatic hydroxyl groups excluding tert-OH is 1. The molecule has 0 bridgehead atoms. The topological polar surface area (TPSA) is 111 Å². The van der Waals surface area contributed by atoms with Gasteiger partial charge in [-0.15, -0.1) is 0 Å². The quantitative estimate of drug-likeness (QED) is 0.699. The third-order valence-electron chi connectivity index (χ3n) is 3.26. The van der Waals surface area contributed by atoms with Gasteiger partial charge in [-0.25, -0.2) is 9.18 Å². The number of aromatic nitrogens is 2. The molecule has 1 aliphatic heterocycles. The van der Waals surface area contributed by atoms with Crippen molar-refractivity contribution in [1.29, 1.82) is 0 Å². The van der Waals surface area contributed by atoms with Gasteiger partial charge in [0.2, 0.25) is 0 Å². The molecule has 116 valence electrons. The lowest BCUT2D eigenvalue weighted by Gasteiger charge is -2.27. The Balaban J connectivity index is 2.43. The first kappa shape index (κ1) is 15.4. The number of aliphatic hydroxyl groups is 1. The highest BCUT2D eigenvalue weighted by molar-refractivity contribution is 5.66. The summed E-state index contributed by atoms with van der Waals surface area (Å²) in [7, 11) is 0. The number of esters is 1. The van der Waals surface area contributed by atoms with E-state index in [-0.39, 0.29) is 0 Å². The molecule has 2 heterocycles. The van der Waals surface area contributed by atoms with Crippen molar-refractivity contribution in [2.45, 2.75) is 38.0 Å². The monoisotopic (exact) mass is 302 g/mol. The number of hydrogen-bond donors (Lipinski definition) is 2. The molecule has 2 N–H and O–H groups in total. The van der Waals surface area contributed by atoms with E-state index in [1.807, 2.05) is 4.98 Å². The first-order chi connectivity index (χ1) is 9.77. The Labute approximate surface area is 118 Å². The molecule has 0 amide bonds. The lowest BCUT2D eigenvalue weighted by molar-refractivity contribution is -0.155. The maximum Gasteiger partial charge on any atom is 0.330 e. The summed E-state index contributed by atoms with van der Waals surface area (Å²) in [6.07, 6.45) is -2.85. The minimum absolute atomic E-state index is 0.591. The number of nitrogens with zero attached hydrogens (tertiary/aromatic N) is 1. The minimum Gasteiger partial charge on any atom is -0.456 e. The molecule has 4 unspecified atom stereocenters. The number of rotatable bonds is 3. The average Bonchev–Trinajstić information content (AvgIpc) is 2.61. The summed E-state index contributed by atoms with van der Waals surface area (Å²) in [5.74, 6) is -0.736. The van der Waals surface area contributed by atoms with E-state index >= 15 is 0 Å². The highest BCUT2D eigenvalue weighted by atomic mass is 19.1. The maximum absolute atomic E-state index is 14.9. The summed E-state index contributed by atoms with van der Waals surface area (Å²) in [5.41, 5.74) is -3.76. The second-order valence-corrected chi connectivity index (χ2v) is 4.91. The Morgan fingerprint density at radius 1 is 1.62 bits per heavy atom. The molecule has 1 fully saturated rings. The molecular formula is C12H15FN2O6. The second kappa shape index (κ2) is 5.41. The molecule has 8 nitrogen and oxygen atoms in total. The number of alkyl halides is 1. The summed E-state index contributed by atoms with van der Waals surface area (Å²) in [5, 5.41) is 9.23. The van der Waals surface area contributed by atoms with E-state index in [2.05, 4.69) is 0 Å². The first-order valence-electron chi connectivity index (χ1n) is 6.21. The molecule has 1 aromatic rings. The molecule has 1 aromatic heterocycles. The largest absolute Gasteiger partial charge is 0.456 e. The fraction of sp³-hybridized carbons (Fsp3) is 0.583. The van der Waals surface area contributed by atoms with Crippen LogP contribution in [0.2, 0.25) is 0 Å². The summed E-state index contributed by atoms with van der Waals surface area (Å²) < 4.78 is 25.9. The molecule has 0 aromatic carbocycles. The zero-order valence-electron chi connectivity index (χ0n) is 11.4. The van der Waals surface area contributed by atoms with Gasteiger partial charge < -0.3 is 14.6 Å². The van der Waals surface area contributed by atoms with Gasteiger partial charge in [0.15, 0.2) is 18.0 Å². The van der Waals surface area contributed by atoms with Crippen LogP contribution in [0.15, 0.2) is 21.9 Å². The zero-order valence-corrected chi connectivity index (χ0v) is 11.4. The van der Waals surface area contributed by atoms with Crippen molar-refractivity contribution in [3.05, 3.63) is 33.1 Å². The van der Waals surface area contributed by atoms with E-state index in [1.165, 1.54) is 0 Å². The van der Waals surface area contributed by atoms with Crippen molar-refractivity contribution >= 4 is 5.97 Å². The number of nitrogens with one attached hydrogen (secondary N) is 1. The molecule has 1 aliphatic rings. The normalized spacial score (nSPS) is 32.1. The number of halogens is 1. The highest BCUT2D eigenvalue weighted by Gasteiger charge is 2.57. The van der Waals surface area contributed by atoms with Gasteiger partial charge in [0.1, 0.15) is 6.10 Å². The van der Waals surface area contributed by atoms with Crippen LogP contribution in [0.4, 0.5) is 4.39 Å². The molecule has 0 spiro atoms. The van der Waals surface area contributed by atoms with Crippen LogP contribution >= 0.6 is 0 Å². The van der Waals surface area contributed by atoms with Gasteiger partial charge in [0.25, 0.3) is 5.56 Å². The van der Waals surface area contributed by atoms with Gasteiger partial charge in [0, 0.05) is 19.2 Å². The molecule has 4 atom stereocenters. The number of ether oxygens (including phenoxy) is 2. The van der Waals surface area contributed by atoms with Gasteiger partial charge in [0.05, 0.1) is 6.61 Å². The van der Waals surface area contributed by atoms with E-state index in [0.29, 0.717) is 0 Å². The smallest absolute Gasteiger partial charge is 0.330 e. The average molecular weight is 302 g/mol. The van der Waals surface area contributed by atoms with Crippen molar-refractivity contribution in [2.24, 2.45) is 0 Å². The van der Waals surface area contributed by atoms with Crippen molar-refractivity contribution in [3.63, 3.8) is 0 Å². The van der Waals surface area contributed by atoms with E-state index in [4.69, 9.17) is 9.47 Å². The summed E-state index contributed by atoms with van der Waals surface area (Å²) in [4.78, 5) is 35.8. The van der Waals surface area contributed by atoms with Gasteiger partial charge >= 0.3 is 11.7 Å². The van der Waals surface area contributed by atoms with E-state index < -0.39 is 47.9 Å². The minimum atomic E-state index is -2.26. The number of carbonyl (C=O) groups is 1. The first-order valence-corrected chi connectivity index (χ1v) is 6.21. The predicted octanol–water partition coefficient (Wildman–Crippen LogP) is -0.914. The lowest BCUT2D eigenvalue weighted by Crippen LogP contribution is -2.45. The molecule has 0 saturated carbocycles. The van der Waals surface area contributed by atoms with E-state index in [1.54, 1.807) is 0 Å². The van der Waals surface area contributed by atoms with Crippen LogP contribution in [0.25, 0.3) is 0 Å². The maximum atomic E-state index is 14.9. The van der Waals surface area contributed by atoms with Gasteiger partial charge in [-0.1, -0.05) is 0 Å². The zero-order chi connectivity index (χ0) is 15.8. The highest BCUT2D eigenvalue weighted by Crippen LogP contribution is 2.42. The third kappa shape index (κ3) is 2.74. The molecular weight excluding hydrogens is 287 g/mol. The predicted molar refractivity (Wildman–Crippen MR) is 67.4 cm³/mol. The van der Waals surface area contributed by atoms with Crippen LogP contribution in [0.5, 0.6) is 0 Å². The molecule has 0 radical (unpaired) electrons. The summed E-state index contributed by atoms with van der Waals surface area (Å²) in [6, 6.07) is 1.04.